The van der Waals surface area contributed by atoms with Crippen LogP contribution < -0.4 is 9.47 Å². The second-order valence-electron chi connectivity index (χ2n) is 10.7. The highest BCUT2D eigenvalue weighted by Gasteiger charge is 2.47. The van der Waals surface area contributed by atoms with E-state index in [0.717, 1.165) is 42.9 Å². The standard InChI is InChI=1S/C28H34N2O5S/c1-34-24-8-10-25(11-9-24)36(32,33)30-13-2-3-26(30)28(31)29(23-7-6-21-16-22(21)17-23)18-19-4-5-20-12-14-35-27(20)15-19/h4-5,8-11,15,21-23,26H,2-3,6-7,12-14,16-18H2,1H3/t21?,22?,23?,26-/m0/s1. The fourth-order valence-corrected chi connectivity index (χ4v) is 8.00. The Bertz CT molecular complexity index is 1250. The van der Waals surface area contributed by atoms with E-state index in [1.807, 2.05) is 4.90 Å². The van der Waals surface area contributed by atoms with Crippen molar-refractivity contribution >= 4 is 15.9 Å². The number of ether oxygens (including phenoxy) is 2. The number of hydrogen-bond donors (Lipinski definition) is 0. The average Bonchev–Trinajstić information content (AvgIpc) is 3.26. The molecule has 36 heavy (non-hydrogen) atoms. The first-order valence-corrected chi connectivity index (χ1v) is 14.6. The van der Waals surface area contributed by atoms with Crippen molar-refractivity contribution in [3.8, 4) is 11.5 Å². The van der Waals surface area contributed by atoms with Crippen LogP contribution in [0.3, 0.4) is 0 Å². The van der Waals surface area contributed by atoms with E-state index in [1.165, 1.54) is 16.3 Å². The molecule has 2 aromatic carbocycles. The molecular formula is C28H34N2O5S. The zero-order valence-electron chi connectivity index (χ0n) is 20.8. The summed E-state index contributed by atoms with van der Waals surface area (Å²) in [6, 6.07) is 12.2. The van der Waals surface area contributed by atoms with Crippen molar-refractivity contribution in [2.75, 3.05) is 20.3 Å². The Morgan fingerprint density at radius 1 is 1.08 bits per heavy atom. The molecule has 0 aromatic heterocycles. The third-order valence-electron chi connectivity index (χ3n) is 8.51. The van der Waals surface area contributed by atoms with Crippen LogP contribution in [0.2, 0.25) is 0 Å². The number of fused-ring (bicyclic) bond motifs is 2. The number of carbonyl (C=O) groups excluding carboxylic acids is 1. The summed E-state index contributed by atoms with van der Waals surface area (Å²) < 4.78 is 39.6. The normalized spacial score (nSPS) is 27.1. The maximum Gasteiger partial charge on any atom is 0.243 e. The number of rotatable bonds is 7. The van der Waals surface area contributed by atoms with E-state index < -0.39 is 16.1 Å². The average molecular weight is 511 g/mol. The third kappa shape index (κ3) is 4.39. The van der Waals surface area contributed by atoms with Crippen LogP contribution in [0.25, 0.3) is 0 Å². The molecule has 8 heteroatoms. The number of benzene rings is 2. The summed E-state index contributed by atoms with van der Waals surface area (Å²) in [4.78, 5) is 16.4. The number of hydrogen-bond acceptors (Lipinski definition) is 5. The number of nitrogens with zero attached hydrogens (tertiary/aromatic N) is 2. The number of carbonyl (C=O) groups is 1. The molecule has 2 saturated carbocycles. The lowest BCUT2D eigenvalue weighted by molar-refractivity contribution is -0.138. The minimum Gasteiger partial charge on any atom is -0.497 e. The molecule has 2 aromatic rings. The van der Waals surface area contributed by atoms with Gasteiger partial charge < -0.3 is 14.4 Å². The molecule has 7 nitrogen and oxygen atoms in total. The molecule has 4 atom stereocenters. The van der Waals surface area contributed by atoms with Gasteiger partial charge in [-0.1, -0.05) is 12.1 Å². The smallest absolute Gasteiger partial charge is 0.243 e. The van der Waals surface area contributed by atoms with Crippen molar-refractivity contribution < 1.29 is 22.7 Å². The lowest BCUT2D eigenvalue weighted by Crippen LogP contribution is -2.51. The molecule has 0 bridgehead atoms. The third-order valence-corrected chi connectivity index (χ3v) is 10.4. The van der Waals surface area contributed by atoms with Crippen LogP contribution in [0, 0.1) is 11.8 Å². The highest BCUT2D eigenvalue weighted by Crippen LogP contribution is 2.50. The maximum atomic E-state index is 14.2. The van der Waals surface area contributed by atoms with E-state index in [9.17, 15) is 13.2 Å². The molecular weight excluding hydrogens is 476 g/mol. The van der Waals surface area contributed by atoms with Gasteiger partial charge >= 0.3 is 0 Å². The molecule has 2 aliphatic carbocycles. The minimum absolute atomic E-state index is 0.0601. The fraction of sp³-hybridized carbons (Fsp3) is 0.536. The van der Waals surface area contributed by atoms with E-state index >= 15 is 0 Å². The molecule has 0 radical (unpaired) electrons. The largest absolute Gasteiger partial charge is 0.497 e. The van der Waals surface area contributed by atoms with Gasteiger partial charge in [0.05, 0.1) is 18.6 Å². The van der Waals surface area contributed by atoms with E-state index in [4.69, 9.17) is 9.47 Å². The van der Waals surface area contributed by atoms with Gasteiger partial charge in [0, 0.05) is 25.6 Å². The highest BCUT2D eigenvalue weighted by molar-refractivity contribution is 7.89. The molecule has 192 valence electrons. The molecule has 1 amide bonds. The molecule has 3 fully saturated rings. The van der Waals surface area contributed by atoms with E-state index in [1.54, 1.807) is 31.4 Å². The Kier molecular flexibility index (Phi) is 6.20. The van der Waals surface area contributed by atoms with Gasteiger partial charge in [0.25, 0.3) is 0 Å². The van der Waals surface area contributed by atoms with Gasteiger partial charge in [-0.05, 0) is 91.8 Å². The van der Waals surface area contributed by atoms with Crippen molar-refractivity contribution in [1.82, 2.24) is 9.21 Å². The Morgan fingerprint density at radius 3 is 2.69 bits per heavy atom. The summed E-state index contributed by atoms with van der Waals surface area (Å²) >= 11 is 0. The summed E-state index contributed by atoms with van der Waals surface area (Å²) in [7, 11) is -2.24. The number of sulfonamides is 1. The molecule has 0 spiro atoms. The minimum atomic E-state index is -3.80. The predicted molar refractivity (Wildman–Crippen MR) is 135 cm³/mol. The summed E-state index contributed by atoms with van der Waals surface area (Å²) in [5.74, 6) is 2.99. The van der Waals surface area contributed by atoms with Crippen molar-refractivity contribution in [3.05, 3.63) is 53.6 Å². The summed E-state index contributed by atoms with van der Waals surface area (Å²) in [5.41, 5.74) is 2.26. The summed E-state index contributed by atoms with van der Waals surface area (Å²) in [6.07, 6.45) is 6.60. The molecule has 2 aliphatic heterocycles. The van der Waals surface area contributed by atoms with Crippen molar-refractivity contribution in [2.45, 2.75) is 68.5 Å². The second-order valence-corrected chi connectivity index (χ2v) is 12.6. The van der Waals surface area contributed by atoms with E-state index in [2.05, 4.69) is 18.2 Å². The Labute approximate surface area is 213 Å². The molecule has 0 N–H and O–H groups in total. The molecule has 4 aliphatic rings. The zero-order valence-corrected chi connectivity index (χ0v) is 21.6. The van der Waals surface area contributed by atoms with Crippen LogP contribution in [-0.4, -0.2) is 55.9 Å². The monoisotopic (exact) mass is 510 g/mol. The Balaban J connectivity index is 1.27. The topological polar surface area (TPSA) is 76.2 Å². The molecule has 2 heterocycles. The van der Waals surface area contributed by atoms with E-state index in [0.29, 0.717) is 44.2 Å². The lowest BCUT2D eigenvalue weighted by atomic mass is 9.93. The van der Waals surface area contributed by atoms with Gasteiger partial charge in [-0.2, -0.15) is 4.31 Å². The number of amides is 1. The maximum absolute atomic E-state index is 14.2. The molecule has 3 unspecified atom stereocenters. The van der Waals surface area contributed by atoms with Gasteiger partial charge in [-0.15, -0.1) is 0 Å². The first-order valence-electron chi connectivity index (χ1n) is 13.1. The highest BCUT2D eigenvalue weighted by atomic mass is 32.2. The first-order chi connectivity index (χ1) is 17.4. The SMILES string of the molecule is COc1ccc(S(=O)(=O)N2CCC[C@H]2C(=O)N(Cc2ccc3c(c2)OCC3)C2CCC3CC3C2)cc1. The Morgan fingerprint density at radius 2 is 1.92 bits per heavy atom. The van der Waals surface area contributed by atoms with Crippen molar-refractivity contribution in [2.24, 2.45) is 11.8 Å². The van der Waals surface area contributed by atoms with Gasteiger partial charge in [-0.25, -0.2) is 8.42 Å². The predicted octanol–water partition coefficient (Wildman–Crippen LogP) is 4.00. The van der Waals surface area contributed by atoms with Crippen LogP contribution in [0.4, 0.5) is 0 Å². The van der Waals surface area contributed by atoms with Crippen LogP contribution in [0.5, 0.6) is 11.5 Å². The van der Waals surface area contributed by atoms with Crippen LogP contribution in [-0.2, 0) is 27.8 Å². The summed E-state index contributed by atoms with van der Waals surface area (Å²) in [5, 5.41) is 0. The lowest BCUT2D eigenvalue weighted by Gasteiger charge is -2.37. The quantitative estimate of drug-likeness (QED) is 0.563. The first kappa shape index (κ1) is 23.8. The van der Waals surface area contributed by atoms with Gasteiger partial charge in [0.2, 0.25) is 15.9 Å². The molecule has 6 rings (SSSR count). The van der Waals surface area contributed by atoms with Crippen molar-refractivity contribution in [3.63, 3.8) is 0 Å². The van der Waals surface area contributed by atoms with Gasteiger partial charge in [0.15, 0.2) is 0 Å². The zero-order chi connectivity index (χ0) is 24.9. The summed E-state index contributed by atoms with van der Waals surface area (Å²) in [6.45, 7) is 1.55. The van der Waals surface area contributed by atoms with E-state index in [-0.39, 0.29) is 16.8 Å². The second kappa shape index (κ2) is 9.38. The molecule has 1 saturated heterocycles. The van der Waals surface area contributed by atoms with Crippen molar-refractivity contribution in [1.29, 1.82) is 0 Å². The van der Waals surface area contributed by atoms with Crippen LogP contribution in [0.1, 0.15) is 49.7 Å². The van der Waals surface area contributed by atoms with Crippen LogP contribution >= 0.6 is 0 Å². The Hall–Kier alpha value is -2.58. The van der Waals surface area contributed by atoms with Crippen LogP contribution in [0.15, 0.2) is 47.4 Å². The number of methoxy groups -OCH3 is 1. The fourth-order valence-electron chi connectivity index (χ4n) is 6.35. The van der Waals surface area contributed by atoms with Gasteiger partial charge in [0.1, 0.15) is 17.5 Å². The van der Waals surface area contributed by atoms with Gasteiger partial charge in [-0.3, -0.25) is 4.79 Å².